The molecule has 0 bridgehead atoms. The smallest absolute Gasteiger partial charge is 0.343 e. The lowest BCUT2D eigenvalue weighted by Crippen LogP contribution is -2.08. The topological polar surface area (TPSA) is 78.6 Å². The first kappa shape index (κ1) is 15.8. The Balaban J connectivity index is 1.62. The molecule has 1 aromatic carbocycles. The largest absolute Gasteiger partial charge is 0.465 e. The van der Waals surface area contributed by atoms with Crippen molar-refractivity contribution in [2.24, 2.45) is 0 Å². The summed E-state index contributed by atoms with van der Waals surface area (Å²) < 4.78 is 16.3. The number of ketones is 1. The fourth-order valence-corrected chi connectivity index (χ4v) is 2.69. The molecule has 1 aliphatic heterocycles. The molecule has 0 fully saturated rings. The molecule has 0 saturated heterocycles. The Morgan fingerprint density at radius 1 is 1.19 bits per heavy atom. The zero-order valence-corrected chi connectivity index (χ0v) is 13.8. The Labute approximate surface area is 148 Å². The SMILES string of the molecule is Cc1cc(OC(=O)c2ccncc2)cc2c1C(=O)/C(=C/c1ccco1)O2. The van der Waals surface area contributed by atoms with E-state index in [2.05, 4.69) is 4.98 Å². The van der Waals surface area contributed by atoms with Gasteiger partial charge in [-0.2, -0.15) is 0 Å². The van der Waals surface area contributed by atoms with Crippen LogP contribution < -0.4 is 9.47 Å². The summed E-state index contributed by atoms with van der Waals surface area (Å²) in [5.74, 6) is 0.586. The number of ether oxygens (including phenoxy) is 2. The molecule has 0 atom stereocenters. The van der Waals surface area contributed by atoms with Crippen molar-refractivity contribution in [3.63, 3.8) is 0 Å². The monoisotopic (exact) mass is 347 g/mol. The van der Waals surface area contributed by atoms with Crippen molar-refractivity contribution in [2.75, 3.05) is 0 Å². The standard InChI is InChI=1S/C20H13NO5/c1-12-9-15(25-20(23)13-4-6-21-7-5-13)11-16-18(12)19(22)17(26-16)10-14-3-2-8-24-14/h2-11H,1H3/b17-10-. The molecular formula is C20H13NO5. The number of esters is 1. The van der Waals surface area contributed by atoms with Gasteiger partial charge in [0.15, 0.2) is 5.76 Å². The average Bonchev–Trinajstić information content (AvgIpc) is 3.24. The van der Waals surface area contributed by atoms with E-state index in [9.17, 15) is 9.59 Å². The second kappa shape index (κ2) is 6.33. The van der Waals surface area contributed by atoms with Crippen molar-refractivity contribution in [2.45, 2.75) is 6.92 Å². The van der Waals surface area contributed by atoms with Crippen molar-refractivity contribution < 1.29 is 23.5 Å². The van der Waals surface area contributed by atoms with Gasteiger partial charge in [-0.3, -0.25) is 9.78 Å². The van der Waals surface area contributed by atoms with Gasteiger partial charge in [-0.15, -0.1) is 0 Å². The normalized spacial score (nSPS) is 14.2. The van der Waals surface area contributed by atoms with Gasteiger partial charge in [0.25, 0.3) is 0 Å². The number of Topliss-reactive ketones (excluding diaryl/α,β-unsaturated/α-hetero) is 1. The molecule has 0 spiro atoms. The number of hydrogen-bond acceptors (Lipinski definition) is 6. The van der Waals surface area contributed by atoms with E-state index < -0.39 is 5.97 Å². The minimum Gasteiger partial charge on any atom is -0.465 e. The lowest BCUT2D eigenvalue weighted by atomic mass is 10.0. The molecule has 3 heterocycles. The van der Waals surface area contributed by atoms with Crippen LogP contribution in [0.15, 0.2) is 65.2 Å². The Morgan fingerprint density at radius 2 is 2.00 bits per heavy atom. The number of benzene rings is 1. The summed E-state index contributed by atoms with van der Waals surface area (Å²) >= 11 is 0. The molecule has 0 unspecified atom stereocenters. The third-order valence-corrected chi connectivity index (χ3v) is 3.89. The first-order valence-electron chi connectivity index (χ1n) is 7.86. The van der Waals surface area contributed by atoms with Crippen LogP contribution in [0.3, 0.4) is 0 Å². The highest BCUT2D eigenvalue weighted by Gasteiger charge is 2.30. The summed E-state index contributed by atoms with van der Waals surface area (Å²) in [6.07, 6.45) is 6.07. The van der Waals surface area contributed by atoms with E-state index in [1.165, 1.54) is 30.8 Å². The highest BCUT2D eigenvalue weighted by Crippen LogP contribution is 2.37. The van der Waals surface area contributed by atoms with Crippen LogP contribution in [0.5, 0.6) is 11.5 Å². The maximum absolute atomic E-state index is 12.5. The van der Waals surface area contributed by atoms with E-state index in [1.807, 2.05) is 0 Å². The van der Waals surface area contributed by atoms with Crippen LogP contribution in [0.1, 0.15) is 32.0 Å². The average molecular weight is 347 g/mol. The molecule has 0 radical (unpaired) electrons. The van der Waals surface area contributed by atoms with Crippen molar-refractivity contribution in [3.8, 4) is 11.5 Å². The maximum atomic E-state index is 12.5. The van der Waals surface area contributed by atoms with Gasteiger partial charge in [-0.05, 0) is 42.8 Å². The molecule has 0 aliphatic carbocycles. The van der Waals surface area contributed by atoms with E-state index in [1.54, 1.807) is 37.3 Å². The van der Waals surface area contributed by atoms with Crippen molar-refractivity contribution in [1.29, 1.82) is 0 Å². The molecule has 128 valence electrons. The summed E-state index contributed by atoms with van der Waals surface area (Å²) in [6, 6.07) is 9.74. The fraction of sp³-hybridized carbons (Fsp3) is 0.0500. The first-order valence-corrected chi connectivity index (χ1v) is 7.86. The minimum atomic E-state index is -0.512. The van der Waals surface area contributed by atoms with Crippen LogP contribution in [0.4, 0.5) is 0 Å². The van der Waals surface area contributed by atoms with Crippen LogP contribution in [-0.2, 0) is 0 Å². The van der Waals surface area contributed by atoms with Crippen molar-refractivity contribution >= 4 is 17.8 Å². The maximum Gasteiger partial charge on any atom is 0.343 e. The number of aryl methyl sites for hydroxylation is 1. The molecule has 6 heteroatoms. The van der Waals surface area contributed by atoms with Gasteiger partial charge in [0, 0.05) is 24.5 Å². The number of furan rings is 1. The Kier molecular flexibility index (Phi) is 3.85. The number of carbonyl (C=O) groups is 2. The summed E-state index contributed by atoms with van der Waals surface area (Å²) in [7, 11) is 0. The quantitative estimate of drug-likeness (QED) is 0.407. The molecule has 2 aromatic heterocycles. The van der Waals surface area contributed by atoms with E-state index in [0.29, 0.717) is 33.9 Å². The Bertz CT molecular complexity index is 1020. The van der Waals surface area contributed by atoms with E-state index in [-0.39, 0.29) is 11.5 Å². The van der Waals surface area contributed by atoms with Gasteiger partial charge < -0.3 is 13.9 Å². The van der Waals surface area contributed by atoms with E-state index in [0.717, 1.165) is 0 Å². The van der Waals surface area contributed by atoms with Gasteiger partial charge in [-0.25, -0.2) is 4.79 Å². The molecule has 1 aliphatic rings. The molecule has 0 amide bonds. The van der Waals surface area contributed by atoms with E-state index >= 15 is 0 Å². The van der Waals surface area contributed by atoms with Gasteiger partial charge in [0.2, 0.25) is 5.78 Å². The number of rotatable bonds is 3. The Morgan fingerprint density at radius 3 is 2.73 bits per heavy atom. The Hall–Kier alpha value is -3.67. The lowest BCUT2D eigenvalue weighted by Gasteiger charge is -2.07. The molecule has 0 saturated carbocycles. The zero-order valence-electron chi connectivity index (χ0n) is 13.8. The molecular weight excluding hydrogens is 334 g/mol. The summed E-state index contributed by atoms with van der Waals surface area (Å²) in [4.78, 5) is 28.6. The fourth-order valence-electron chi connectivity index (χ4n) is 2.69. The van der Waals surface area contributed by atoms with Gasteiger partial charge in [-0.1, -0.05) is 0 Å². The highest BCUT2D eigenvalue weighted by atomic mass is 16.5. The highest BCUT2D eigenvalue weighted by molar-refractivity contribution is 6.15. The predicted molar refractivity (Wildman–Crippen MR) is 92.0 cm³/mol. The van der Waals surface area contributed by atoms with Crippen molar-refractivity contribution in [1.82, 2.24) is 4.98 Å². The summed E-state index contributed by atoms with van der Waals surface area (Å²) in [5.41, 5.74) is 1.49. The molecule has 0 N–H and O–H groups in total. The lowest BCUT2D eigenvalue weighted by molar-refractivity contribution is 0.0734. The first-order chi connectivity index (χ1) is 12.6. The number of aromatic nitrogens is 1. The van der Waals surface area contributed by atoms with Crippen LogP contribution in [0, 0.1) is 6.92 Å². The molecule has 26 heavy (non-hydrogen) atoms. The number of fused-ring (bicyclic) bond motifs is 1. The van der Waals surface area contributed by atoms with Crippen molar-refractivity contribution in [3.05, 3.63) is 83.3 Å². The third-order valence-electron chi connectivity index (χ3n) is 3.89. The van der Waals surface area contributed by atoms with Crippen LogP contribution in [0.2, 0.25) is 0 Å². The van der Waals surface area contributed by atoms with Crippen LogP contribution in [0.25, 0.3) is 6.08 Å². The van der Waals surface area contributed by atoms with Gasteiger partial charge in [0.1, 0.15) is 17.3 Å². The zero-order chi connectivity index (χ0) is 18.1. The summed E-state index contributed by atoms with van der Waals surface area (Å²) in [6.45, 7) is 1.76. The second-order valence-electron chi connectivity index (χ2n) is 5.69. The predicted octanol–water partition coefficient (Wildman–Crippen LogP) is 3.82. The van der Waals surface area contributed by atoms with Crippen LogP contribution >= 0.6 is 0 Å². The molecule has 4 rings (SSSR count). The summed E-state index contributed by atoms with van der Waals surface area (Å²) in [5, 5.41) is 0. The van der Waals surface area contributed by atoms with Gasteiger partial charge in [0.05, 0.1) is 17.4 Å². The second-order valence-corrected chi connectivity index (χ2v) is 5.69. The number of nitrogens with zero attached hydrogens (tertiary/aromatic N) is 1. The third kappa shape index (κ3) is 2.88. The number of pyridine rings is 1. The van der Waals surface area contributed by atoms with E-state index in [4.69, 9.17) is 13.9 Å². The molecule has 3 aromatic rings. The number of carbonyl (C=O) groups excluding carboxylic acids is 2. The number of allylic oxidation sites excluding steroid dienone is 1. The number of hydrogen-bond donors (Lipinski definition) is 0. The molecule has 6 nitrogen and oxygen atoms in total. The van der Waals surface area contributed by atoms with Crippen LogP contribution in [-0.4, -0.2) is 16.7 Å². The minimum absolute atomic E-state index is 0.163. The van der Waals surface area contributed by atoms with Gasteiger partial charge >= 0.3 is 5.97 Å².